The molecule has 0 aromatic rings. The summed E-state index contributed by atoms with van der Waals surface area (Å²) >= 11 is 0. The van der Waals surface area contributed by atoms with Crippen LogP contribution in [-0.4, -0.2) is 5.91 Å². The average molecular weight is 314 g/mol. The van der Waals surface area contributed by atoms with E-state index in [0.717, 1.165) is 6.08 Å². The third-order valence-corrected chi connectivity index (χ3v) is 0.201. The number of hydrogen-bond acceptors (Lipinski definition) is 1. The molecule has 0 aliphatic heterocycles. The average Bonchev–Trinajstić information content (AvgIpc) is 1.38. The number of carbonyl (C=O) groups excluding carboxylic acids is 1. The number of nitrogens with two attached hydrogens (primary N) is 1. The van der Waals surface area contributed by atoms with Gasteiger partial charge in [-0.1, -0.05) is 6.58 Å². The normalized spacial score (nSPS) is 4.00. The van der Waals surface area contributed by atoms with Gasteiger partial charge in [-0.25, -0.2) is 0 Å². The van der Waals surface area contributed by atoms with E-state index in [1.54, 1.807) is 0 Å². The van der Waals surface area contributed by atoms with Gasteiger partial charge in [0.2, 0.25) is 5.91 Å². The number of rotatable bonds is 1. The Morgan fingerprint density at radius 1 is 1.38 bits per heavy atom. The number of carbonyl (C=O) groups is 1. The first-order valence-corrected chi connectivity index (χ1v) is 1.19. The van der Waals surface area contributed by atoms with Crippen molar-refractivity contribution in [1.82, 2.24) is 0 Å². The maximum Gasteiger partial charge on any atom is 0.240 e. The molecule has 0 saturated heterocycles. The van der Waals surface area contributed by atoms with Gasteiger partial charge in [0.1, 0.15) is 0 Å². The zero-order chi connectivity index (χ0) is 4.28. The van der Waals surface area contributed by atoms with E-state index < -0.39 is 5.91 Å². The van der Waals surface area contributed by atoms with Crippen molar-refractivity contribution in [2.75, 3.05) is 0 Å². The second kappa shape index (κ2) is 15.6. The molecule has 0 rings (SSSR count). The summed E-state index contributed by atoms with van der Waals surface area (Å²) in [4.78, 5) is 9.47. The number of amides is 1. The predicted octanol–water partition coefficient (Wildman–Crippen LogP) is 1.39. The van der Waals surface area contributed by atoms with Crippen molar-refractivity contribution < 1.29 is 4.79 Å². The molecule has 0 spiro atoms. The topological polar surface area (TPSA) is 43.1 Å². The van der Waals surface area contributed by atoms with Gasteiger partial charge in [0.15, 0.2) is 0 Å². The van der Waals surface area contributed by atoms with E-state index in [0.29, 0.717) is 0 Å². The lowest BCUT2D eigenvalue weighted by atomic mass is 10.6. The molecule has 0 unspecified atom stereocenters. The lowest BCUT2D eigenvalue weighted by Crippen LogP contribution is -2.04. The van der Waals surface area contributed by atoms with Gasteiger partial charge >= 0.3 is 0 Å². The van der Waals surface area contributed by atoms with E-state index >= 15 is 0 Å². The summed E-state index contributed by atoms with van der Waals surface area (Å²) in [5.41, 5.74) is 4.53. The van der Waals surface area contributed by atoms with Crippen molar-refractivity contribution in [3.05, 3.63) is 12.7 Å². The molecule has 5 heteroatoms. The molecule has 1 amide bonds. The Morgan fingerprint density at radius 2 is 1.50 bits per heavy atom. The van der Waals surface area contributed by atoms with Gasteiger partial charge in [0, 0.05) is 0 Å². The third kappa shape index (κ3) is 30.2. The smallest absolute Gasteiger partial charge is 0.240 e. The van der Waals surface area contributed by atoms with E-state index in [9.17, 15) is 4.79 Å². The van der Waals surface area contributed by atoms with Crippen LogP contribution in [0.4, 0.5) is 0 Å². The molecule has 0 aliphatic carbocycles. The number of hydrogen-bond donors (Lipinski definition) is 1. The maximum absolute atomic E-state index is 9.47. The van der Waals surface area contributed by atoms with Gasteiger partial charge in [-0.15, -0.1) is 50.9 Å². The molecule has 2 nitrogen and oxygen atoms in total. The van der Waals surface area contributed by atoms with Crippen molar-refractivity contribution in [3.63, 3.8) is 0 Å². The largest absolute Gasteiger partial charge is 0.366 e. The molecule has 2 N–H and O–H groups in total. The molecule has 0 radical (unpaired) electrons. The van der Waals surface area contributed by atoms with Gasteiger partial charge in [0.05, 0.1) is 0 Å². The second-order valence-corrected chi connectivity index (χ2v) is 0.606. The van der Waals surface area contributed by atoms with Gasteiger partial charge in [0.25, 0.3) is 0 Å². The fourth-order valence-corrected chi connectivity index (χ4v) is 0. The molecule has 0 saturated carbocycles. The Kier molecular flexibility index (Phi) is 45.8. The van der Waals surface area contributed by atoms with E-state index in [2.05, 4.69) is 12.3 Å². The van der Waals surface area contributed by atoms with Crippen LogP contribution in [0, 0.1) is 0 Å². The standard InChI is InChI=1S/C3H5NO.3BrH/c1-2-3(4)5;;;/h2H,1H2,(H2,4,5);3*1H. The van der Waals surface area contributed by atoms with Crippen LogP contribution in [0.5, 0.6) is 0 Å². The van der Waals surface area contributed by atoms with Crippen LogP contribution in [0.1, 0.15) is 0 Å². The monoisotopic (exact) mass is 311 g/mol. The first kappa shape index (κ1) is 23.4. The number of halogens is 3. The van der Waals surface area contributed by atoms with Crippen molar-refractivity contribution in [2.24, 2.45) is 5.73 Å². The molecule has 52 valence electrons. The molecule has 0 aromatic heterocycles. The summed E-state index contributed by atoms with van der Waals surface area (Å²) in [5, 5.41) is 0. The minimum atomic E-state index is -0.481. The van der Waals surface area contributed by atoms with Crippen molar-refractivity contribution >= 4 is 56.9 Å². The summed E-state index contributed by atoms with van der Waals surface area (Å²) in [6, 6.07) is 0. The van der Waals surface area contributed by atoms with E-state index in [1.165, 1.54) is 0 Å². The van der Waals surface area contributed by atoms with Gasteiger partial charge in [-0.3, -0.25) is 4.79 Å². The molecular formula is C3H8Br3NO. The van der Waals surface area contributed by atoms with E-state index in [-0.39, 0.29) is 50.9 Å². The Balaban J connectivity index is -0.0000000267. The van der Waals surface area contributed by atoms with Crippen LogP contribution in [-0.2, 0) is 4.79 Å². The summed E-state index contributed by atoms with van der Waals surface area (Å²) in [6.45, 7) is 3.09. The maximum atomic E-state index is 9.47. The first-order chi connectivity index (χ1) is 2.27. The Morgan fingerprint density at radius 3 is 1.50 bits per heavy atom. The first-order valence-electron chi connectivity index (χ1n) is 1.19. The van der Waals surface area contributed by atoms with Crippen molar-refractivity contribution in [1.29, 1.82) is 0 Å². The SMILES string of the molecule is Br.Br.Br.C=CC(N)=O. The molecule has 0 fully saturated rings. The second-order valence-electron chi connectivity index (χ2n) is 0.606. The zero-order valence-corrected chi connectivity index (χ0v) is 9.13. The quantitative estimate of drug-likeness (QED) is 0.731. The highest BCUT2D eigenvalue weighted by atomic mass is 79.9. The van der Waals surface area contributed by atoms with Crippen LogP contribution in [0.2, 0.25) is 0 Å². The fourth-order valence-electron chi connectivity index (χ4n) is 0. The van der Waals surface area contributed by atoms with Gasteiger partial charge < -0.3 is 5.73 Å². The fraction of sp³-hybridized carbons (Fsp3) is 0. The highest BCUT2D eigenvalue weighted by Crippen LogP contribution is 1.48. The van der Waals surface area contributed by atoms with Crippen molar-refractivity contribution in [2.45, 2.75) is 0 Å². The van der Waals surface area contributed by atoms with Gasteiger partial charge in [-0.2, -0.15) is 0 Å². The molecule has 8 heavy (non-hydrogen) atoms. The Labute approximate surface area is 79.8 Å². The molecule has 0 bridgehead atoms. The summed E-state index contributed by atoms with van der Waals surface area (Å²) in [5.74, 6) is -0.481. The molecule has 0 heterocycles. The van der Waals surface area contributed by atoms with Crippen LogP contribution in [0.25, 0.3) is 0 Å². The Bertz CT molecular complexity index is 65.5. The lowest BCUT2D eigenvalue weighted by Gasteiger charge is -1.65. The van der Waals surface area contributed by atoms with Crippen LogP contribution in [0.3, 0.4) is 0 Å². The molecule has 0 aromatic carbocycles. The van der Waals surface area contributed by atoms with Crippen LogP contribution < -0.4 is 5.73 Å². The van der Waals surface area contributed by atoms with E-state index in [4.69, 9.17) is 0 Å². The number of primary amides is 1. The minimum absolute atomic E-state index is 0. The minimum Gasteiger partial charge on any atom is -0.366 e. The van der Waals surface area contributed by atoms with Crippen molar-refractivity contribution in [3.8, 4) is 0 Å². The van der Waals surface area contributed by atoms with Crippen LogP contribution >= 0.6 is 50.9 Å². The summed E-state index contributed by atoms with van der Waals surface area (Å²) in [7, 11) is 0. The Hall–Kier alpha value is 0.650. The van der Waals surface area contributed by atoms with Crippen LogP contribution in [0.15, 0.2) is 12.7 Å². The van der Waals surface area contributed by atoms with E-state index in [1.807, 2.05) is 0 Å². The molecule has 0 aliphatic rings. The summed E-state index contributed by atoms with van der Waals surface area (Å²) < 4.78 is 0. The molecular weight excluding hydrogens is 306 g/mol. The third-order valence-electron chi connectivity index (χ3n) is 0.201. The highest BCUT2D eigenvalue weighted by molar-refractivity contribution is 8.93. The van der Waals surface area contributed by atoms with Gasteiger partial charge in [-0.05, 0) is 6.08 Å². The summed E-state index contributed by atoms with van der Waals surface area (Å²) in [6.07, 6.45) is 1.06. The highest BCUT2D eigenvalue weighted by Gasteiger charge is 1.69. The predicted molar refractivity (Wildman–Crippen MR) is 50.4 cm³/mol. The lowest BCUT2D eigenvalue weighted by molar-refractivity contribution is -0.113. The molecule has 0 atom stereocenters. The zero-order valence-electron chi connectivity index (χ0n) is 3.99.